The van der Waals surface area contributed by atoms with Crippen LogP contribution in [0.15, 0.2) is 73.2 Å². The van der Waals surface area contributed by atoms with Crippen LogP contribution in [0.4, 0.5) is 5.69 Å². The molecule has 2 heterocycles. The minimum atomic E-state index is -0.260. The number of carbonyl (C=O) groups excluding carboxylic acids is 1. The summed E-state index contributed by atoms with van der Waals surface area (Å²) in [5.74, 6) is 0.859. The molecule has 0 saturated carbocycles. The Bertz CT molecular complexity index is 912. The van der Waals surface area contributed by atoms with Gasteiger partial charge >= 0.3 is 0 Å². The molecule has 0 unspecified atom stereocenters. The number of amides is 1. The van der Waals surface area contributed by atoms with E-state index in [1.54, 1.807) is 50.0 Å². The van der Waals surface area contributed by atoms with E-state index in [9.17, 15) is 4.79 Å². The zero-order valence-electron chi connectivity index (χ0n) is 14.8. The van der Waals surface area contributed by atoms with Gasteiger partial charge in [0.1, 0.15) is 6.61 Å². The van der Waals surface area contributed by atoms with Gasteiger partial charge in [-0.3, -0.25) is 14.8 Å². The molecule has 0 aliphatic rings. The number of aromatic nitrogens is 2. The molecule has 2 aromatic heterocycles. The van der Waals surface area contributed by atoms with Gasteiger partial charge in [0, 0.05) is 42.0 Å². The second kappa shape index (κ2) is 9.15. The van der Waals surface area contributed by atoms with E-state index in [2.05, 4.69) is 15.3 Å². The lowest BCUT2D eigenvalue weighted by Gasteiger charge is -2.12. The first-order chi connectivity index (χ1) is 13.2. The highest BCUT2D eigenvalue weighted by Gasteiger charge is 2.08. The minimum Gasteiger partial charge on any atom is -0.493 e. The summed E-state index contributed by atoms with van der Waals surface area (Å²) < 4.78 is 11.1. The van der Waals surface area contributed by atoms with E-state index in [0.717, 1.165) is 5.56 Å². The Morgan fingerprint density at radius 2 is 2.04 bits per heavy atom. The molecule has 6 heteroatoms. The fraction of sp³-hybridized carbons (Fsp3) is 0.0952. The summed E-state index contributed by atoms with van der Waals surface area (Å²) in [7, 11) is 1.57. The van der Waals surface area contributed by atoms with Crippen LogP contribution in [0.5, 0.6) is 11.5 Å². The van der Waals surface area contributed by atoms with Crippen LogP contribution in [0.1, 0.15) is 11.3 Å². The molecule has 3 rings (SSSR count). The first-order valence-corrected chi connectivity index (χ1v) is 8.34. The first kappa shape index (κ1) is 18.1. The van der Waals surface area contributed by atoms with Crippen molar-refractivity contribution in [3.05, 3.63) is 84.5 Å². The highest BCUT2D eigenvalue weighted by molar-refractivity contribution is 6.01. The van der Waals surface area contributed by atoms with Crippen LogP contribution >= 0.6 is 0 Å². The van der Waals surface area contributed by atoms with E-state index in [-0.39, 0.29) is 5.91 Å². The number of nitrogens with one attached hydrogen (secondary N) is 1. The van der Waals surface area contributed by atoms with Crippen LogP contribution in [0.25, 0.3) is 6.08 Å². The molecule has 1 amide bonds. The van der Waals surface area contributed by atoms with Crippen LogP contribution in [0.2, 0.25) is 0 Å². The summed E-state index contributed by atoms with van der Waals surface area (Å²) in [5.41, 5.74) is 2.25. The molecule has 0 atom stereocenters. The van der Waals surface area contributed by atoms with Gasteiger partial charge in [-0.05, 0) is 36.4 Å². The van der Waals surface area contributed by atoms with Crippen molar-refractivity contribution in [2.45, 2.75) is 6.61 Å². The molecule has 136 valence electrons. The van der Waals surface area contributed by atoms with Gasteiger partial charge in [-0.15, -0.1) is 0 Å². The third kappa shape index (κ3) is 5.40. The van der Waals surface area contributed by atoms with Gasteiger partial charge in [0.2, 0.25) is 5.91 Å². The molecule has 0 spiro atoms. The quantitative estimate of drug-likeness (QED) is 0.649. The molecular formula is C21H19N3O3. The summed E-state index contributed by atoms with van der Waals surface area (Å²) in [4.78, 5) is 20.3. The number of benzene rings is 1. The van der Waals surface area contributed by atoms with Crippen molar-refractivity contribution in [1.82, 2.24) is 9.97 Å². The lowest BCUT2D eigenvalue weighted by molar-refractivity contribution is -0.111. The number of carbonyl (C=O) groups is 1. The summed E-state index contributed by atoms with van der Waals surface area (Å²) in [6, 6.07) is 14.5. The molecule has 0 bridgehead atoms. The number of pyridine rings is 2. The number of hydrogen-bond donors (Lipinski definition) is 1. The number of anilines is 1. The monoisotopic (exact) mass is 361 g/mol. The van der Waals surface area contributed by atoms with E-state index in [0.29, 0.717) is 29.5 Å². The average molecular weight is 361 g/mol. The van der Waals surface area contributed by atoms with E-state index in [4.69, 9.17) is 9.47 Å². The standard InChI is InChI=1S/C21H19N3O3/c1-26-19-9-7-18(13-20(19)27-15-16-5-4-11-22-14-16)24-21(25)10-8-17-6-2-3-12-23-17/h2-14H,15H2,1H3,(H,24,25)/b10-8+. The van der Waals surface area contributed by atoms with Gasteiger partial charge in [-0.1, -0.05) is 12.1 Å². The second-order valence-electron chi connectivity index (χ2n) is 5.59. The topological polar surface area (TPSA) is 73.3 Å². The molecule has 0 aliphatic heterocycles. The number of rotatable bonds is 7. The minimum absolute atomic E-state index is 0.260. The third-order valence-corrected chi connectivity index (χ3v) is 3.64. The maximum Gasteiger partial charge on any atom is 0.248 e. The molecule has 0 fully saturated rings. The van der Waals surface area contributed by atoms with Crippen LogP contribution in [-0.2, 0) is 11.4 Å². The number of methoxy groups -OCH3 is 1. The van der Waals surface area contributed by atoms with E-state index < -0.39 is 0 Å². The van der Waals surface area contributed by atoms with Gasteiger partial charge in [0.05, 0.1) is 12.8 Å². The second-order valence-corrected chi connectivity index (χ2v) is 5.59. The molecule has 0 aliphatic carbocycles. The van der Waals surface area contributed by atoms with Crippen LogP contribution < -0.4 is 14.8 Å². The third-order valence-electron chi connectivity index (χ3n) is 3.64. The highest BCUT2D eigenvalue weighted by Crippen LogP contribution is 2.30. The van der Waals surface area contributed by atoms with Gasteiger partial charge < -0.3 is 14.8 Å². The molecule has 0 saturated heterocycles. The van der Waals surface area contributed by atoms with Crippen molar-refractivity contribution in [3.63, 3.8) is 0 Å². The normalized spacial score (nSPS) is 10.6. The Balaban J connectivity index is 1.67. The van der Waals surface area contributed by atoms with E-state index >= 15 is 0 Å². The van der Waals surface area contributed by atoms with Crippen molar-refractivity contribution in [2.75, 3.05) is 12.4 Å². The Morgan fingerprint density at radius 3 is 2.78 bits per heavy atom. The lowest BCUT2D eigenvalue weighted by atomic mass is 10.2. The zero-order chi connectivity index (χ0) is 18.9. The van der Waals surface area contributed by atoms with Crippen molar-refractivity contribution < 1.29 is 14.3 Å². The average Bonchev–Trinajstić information content (AvgIpc) is 2.72. The molecule has 6 nitrogen and oxygen atoms in total. The van der Waals surface area contributed by atoms with Gasteiger partial charge in [-0.2, -0.15) is 0 Å². The predicted octanol–water partition coefficient (Wildman–Crippen LogP) is 3.72. The van der Waals surface area contributed by atoms with Crippen molar-refractivity contribution in [1.29, 1.82) is 0 Å². The first-order valence-electron chi connectivity index (χ1n) is 8.34. The molecule has 3 aromatic rings. The predicted molar refractivity (Wildman–Crippen MR) is 103 cm³/mol. The van der Waals surface area contributed by atoms with Crippen molar-refractivity contribution in [2.24, 2.45) is 0 Å². The Hall–Kier alpha value is -3.67. The fourth-order valence-electron chi connectivity index (χ4n) is 2.33. The Labute approximate surface area is 157 Å². The maximum atomic E-state index is 12.1. The molecule has 1 N–H and O–H groups in total. The zero-order valence-corrected chi connectivity index (χ0v) is 14.8. The molecule has 27 heavy (non-hydrogen) atoms. The lowest BCUT2D eigenvalue weighted by Crippen LogP contribution is -2.08. The fourth-order valence-corrected chi connectivity index (χ4v) is 2.33. The number of ether oxygens (including phenoxy) is 2. The molecule has 0 radical (unpaired) electrons. The van der Waals surface area contributed by atoms with E-state index in [1.807, 2.05) is 30.3 Å². The summed E-state index contributed by atoms with van der Waals surface area (Å²) >= 11 is 0. The molecular weight excluding hydrogens is 342 g/mol. The van der Waals surface area contributed by atoms with Crippen LogP contribution in [-0.4, -0.2) is 23.0 Å². The van der Waals surface area contributed by atoms with Crippen LogP contribution in [0.3, 0.4) is 0 Å². The van der Waals surface area contributed by atoms with E-state index in [1.165, 1.54) is 6.08 Å². The Morgan fingerprint density at radius 1 is 1.11 bits per heavy atom. The Kier molecular flexibility index (Phi) is 6.14. The summed E-state index contributed by atoms with van der Waals surface area (Å²) in [5, 5.41) is 2.80. The smallest absolute Gasteiger partial charge is 0.248 e. The summed E-state index contributed by atoms with van der Waals surface area (Å²) in [6.07, 6.45) is 8.20. The maximum absolute atomic E-state index is 12.1. The molecule has 1 aromatic carbocycles. The van der Waals surface area contributed by atoms with Crippen molar-refractivity contribution in [3.8, 4) is 11.5 Å². The number of nitrogens with zero attached hydrogens (tertiary/aromatic N) is 2. The highest BCUT2D eigenvalue weighted by atomic mass is 16.5. The van der Waals surface area contributed by atoms with Gasteiger partial charge in [0.15, 0.2) is 11.5 Å². The van der Waals surface area contributed by atoms with Crippen molar-refractivity contribution >= 4 is 17.7 Å². The summed E-state index contributed by atoms with van der Waals surface area (Å²) in [6.45, 7) is 0.348. The number of hydrogen-bond acceptors (Lipinski definition) is 5. The van der Waals surface area contributed by atoms with Crippen LogP contribution in [0, 0.1) is 0 Å². The van der Waals surface area contributed by atoms with Gasteiger partial charge in [-0.25, -0.2) is 0 Å². The van der Waals surface area contributed by atoms with Gasteiger partial charge in [0.25, 0.3) is 0 Å². The SMILES string of the molecule is COc1ccc(NC(=O)/C=C/c2ccccn2)cc1OCc1cccnc1. The largest absolute Gasteiger partial charge is 0.493 e.